The molecule has 0 heterocycles. The lowest BCUT2D eigenvalue weighted by atomic mass is 9.92. The van der Waals surface area contributed by atoms with Gasteiger partial charge in [-0.1, -0.05) is 91.9 Å². The van der Waals surface area contributed by atoms with Gasteiger partial charge in [-0.05, 0) is 60.4 Å². The molecular formula is C30H26O. The molecule has 31 heavy (non-hydrogen) atoms. The van der Waals surface area contributed by atoms with E-state index in [0.29, 0.717) is 0 Å². The van der Waals surface area contributed by atoms with Gasteiger partial charge in [-0.2, -0.15) is 0 Å². The Bertz CT molecular complexity index is 1170. The van der Waals surface area contributed by atoms with Crippen molar-refractivity contribution < 1.29 is 4.74 Å². The van der Waals surface area contributed by atoms with Gasteiger partial charge in [0, 0.05) is 16.7 Å². The molecule has 0 radical (unpaired) electrons. The highest BCUT2D eigenvalue weighted by atomic mass is 16.5. The summed E-state index contributed by atoms with van der Waals surface area (Å²) in [6.45, 7) is 2.22. The largest absolute Gasteiger partial charge is 0.457 e. The van der Waals surface area contributed by atoms with E-state index in [1.165, 1.54) is 5.56 Å². The summed E-state index contributed by atoms with van der Waals surface area (Å²) in [5.41, 5.74) is 5.61. The van der Waals surface area contributed by atoms with Crippen LogP contribution in [0.2, 0.25) is 0 Å². The zero-order valence-electron chi connectivity index (χ0n) is 17.8. The second kappa shape index (κ2) is 10.3. The van der Waals surface area contributed by atoms with Gasteiger partial charge >= 0.3 is 0 Å². The molecule has 1 heteroatoms. The van der Waals surface area contributed by atoms with Crippen molar-refractivity contribution in [3.05, 3.63) is 120 Å². The quantitative estimate of drug-likeness (QED) is 0.298. The summed E-state index contributed by atoms with van der Waals surface area (Å²) < 4.78 is 6.23. The molecule has 0 amide bonds. The van der Waals surface area contributed by atoms with Crippen molar-refractivity contribution in [2.45, 2.75) is 26.2 Å². The van der Waals surface area contributed by atoms with Gasteiger partial charge < -0.3 is 4.74 Å². The molecule has 0 N–H and O–H groups in total. The molecule has 1 nitrogen and oxygen atoms in total. The minimum absolute atomic E-state index is 0.839. The van der Waals surface area contributed by atoms with Crippen molar-refractivity contribution in [2.24, 2.45) is 0 Å². The summed E-state index contributed by atoms with van der Waals surface area (Å²) in [7, 11) is 0. The number of rotatable bonds is 6. The maximum atomic E-state index is 6.23. The molecule has 0 spiro atoms. The molecular weight excluding hydrogens is 376 g/mol. The number of hydrogen-bond donors (Lipinski definition) is 0. The summed E-state index contributed by atoms with van der Waals surface area (Å²) in [4.78, 5) is 0. The van der Waals surface area contributed by atoms with Crippen LogP contribution in [0.4, 0.5) is 0 Å². The second-order valence-corrected chi connectivity index (χ2v) is 7.51. The number of aryl methyl sites for hydroxylation is 1. The highest BCUT2D eigenvalue weighted by Gasteiger charge is 2.13. The molecule has 0 unspecified atom stereocenters. The Morgan fingerprint density at radius 3 is 2.00 bits per heavy atom. The number of benzene rings is 4. The van der Waals surface area contributed by atoms with Gasteiger partial charge in [0.05, 0.1) is 0 Å². The molecule has 0 bridgehead atoms. The molecule has 0 saturated heterocycles. The van der Waals surface area contributed by atoms with E-state index in [1.54, 1.807) is 0 Å². The van der Waals surface area contributed by atoms with Crippen LogP contribution in [0.25, 0.3) is 11.1 Å². The fourth-order valence-corrected chi connectivity index (χ4v) is 3.57. The molecule has 0 aliphatic rings. The highest BCUT2D eigenvalue weighted by molar-refractivity contribution is 5.75. The van der Waals surface area contributed by atoms with Gasteiger partial charge in [-0.25, -0.2) is 0 Å². The number of hydrogen-bond acceptors (Lipinski definition) is 1. The monoisotopic (exact) mass is 402 g/mol. The lowest BCUT2D eigenvalue weighted by molar-refractivity contribution is 0.482. The zero-order chi connectivity index (χ0) is 21.3. The lowest BCUT2D eigenvalue weighted by Crippen LogP contribution is -1.97. The van der Waals surface area contributed by atoms with Crippen LogP contribution < -0.4 is 4.74 Å². The average molecular weight is 403 g/mol. The molecule has 4 rings (SSSR count). The predicted molar refractivity (Wildman–Crippen MR) is 129 cm³/mol. The Morgan fingerprint density at radius 1 is 0.677 bits per heavy atom. The molecule has 0 aliphatic heterocycles. The Hall–Kier alpha value is -3.76. The number of ether oxygens (including phenoxy) is 1. The van der Waals surface area contributed by atoms with Crippen LogP contribution >= 0.6 is 0 Å². The van der Waals surface area contributed by atoms with E-state index in [0.717, 1.165) is 53.0 Å². The van der Waals surface area contributed by atoms with Crippen molar-refractivity contribution in [2.75, 3.05) is 0 Å². The van der Waals surface area contributed by atoms with Crippen LogP contribution in [0.1, 0.15) is 36.5 Å². The van der Waals surface area contributed by atoms with Gasteiger partial charge in [0.2, 0.25) is 0 Å². The maximum Gasteiger partial charge on any atom is 0.128 e. The fourth-order valence-electron chi connectivity index (χ4n) is 3.57. The van der Waals surface area contributed by atoms with E-state index in [9.17, 15) is 0 Å². The maximum absolute atomic E-state index is 6.23. The highest BCUT2D eigenvalue weighted by Crippen LogP contribution is 2.33. The smallest absolute Gasteiger partial charge is 0.128 e. The Kier molecular flexibility index (Phi) is 6.83. The van der Waals surface area contributed by atoms with E-state index < -0.39 is 0 Å². The summed E-state index contributed by atoms with van der Waals surface area (Å²) in [6, 6.07) is 34.8. The van der Waals surface area contributed by atoms with Crippen LogP contribution in [-0.4, -0.2) is 0 Å². The van der Waals surface area contributed by atoms with Gasteiger partial charge in [0.1, 0.15) is 11.5 Å². The molecule has 4 aromatic rings. The van der Waals surface area contributed by atoms with E-state index in [-0.39, 0.29) is 0 Å². The van der Waals surface area contributed by atoms with Crippen molar-refractivity contribution in [3.63, 3.8) is 0 Å². The first-order valence-corrected chi connectivity index (χ1v) is 10.9. The number of para-hydroxylation sites is 1. The Labute approximate surface area is 185 Å². The normalized spacial score (nSPS) is 10.2. The number of unbranched alkanes of at least 4 members (excludes halogenated alkanes) is 1. The third-order valence-electron chi connectivity index (χ3n) is 5.16. The van der Waals surface area contributed by atoms with E-state index in [1.807, 2.05) is 66.7 Å². The van der Waals surface area contributed by atoms with Crippen LogP contribution in [0, 0.1) is 11.8 Å². The lowest BCUT2D eigenvalue weighted by Gasteiger charge is -2.15. The fraction of sp³-hybridized carbons (Fsp3) is 0.133. The van der Waals surface area contributed by atoms with E-state index in [2.05, 4.69) is 55.2 Å². The second-order valence-electron chi connectivity index (χ2n) is 7.51. The summed E-state index contributed by atoms with van der Waals surface area (Å²) >= 11 is 0. The van der Waals surface area contributed by atoms with Gasteiger partial charge in [0.25, 0.3) is 0 Å². The molecule has 0 fully saturated rings. The SMILES string of the molecule is CCCCc1cc(Oc2ccccc2)cc(-c2ccccc2)c1C#Cc1ccccc1. The molecule has 0 aromatic heterocycles. The molecule has 4 aromatic carbocycles. The average Bonchev–Trinajstić information content (AvgIpc) is 2.83. The van der Waals surface area contributed by atoms with Crippen LogP contribution in [-0.2, 0) is 6.42 Å². The molecule has 0 aliphatic carbocycles. The summed E-state index contributed by atoms with van der Waals surface area (Å²) in [5.74, 6) is 8.54. The standard InChI is InChI=1S/C30H26O/c1-2-3-15-26-22-28(31-27-18-11-6-12-19-27)23-30(25-16-9-5-10-17-25)29(26)21-20-24-13-7-4-8-14-24/h4-14,16-19,22-23H,2-3,15H2,1H3. The Balaban J connectivity index is 1.85. The van der Waals surface area contributed by atoms with Gasteiger partial charge in [-0.15, -0.1) is 0 Å². The van der Waals surface area contributed by atoms with E-state index in [4.69, 9.17) is 4.74 Å². The third kappa shape index (κ3) is 5.44. The van der Waals surface area contributed by atoms with Crippen molar-refractivity contribution in [1.82, 2.24) is 0 Å². The molecule has 0 saturated carbocycles. The zero-order valence-corrected chi connectivity index (χ0v) is 17.8. The topological polar surface area (TPSA) is 9.23 Å². The molecule has 0 atom stereocenters. The van der Waals surface area contributed by atoms with Gasteiger partial charge in [0.15, 0.2) is 0 Å². The van der Waals surface area contributed by atoms with Crippen molar-refractivity contribution >= 4 is 0 Å². The van der Waals surface area contributed by atoms with Gasteiger partial charge in [-0.3, -0.25) is 0 Å². The van der Waals surface area contributed by atoms with Crippen molar-refractivity contribution in [1.29, 1.82) is 0 Å². The third-order valence-corrected chi connectivity index (χ3v) is 5.16. The van der Waals surface area contributed by atoms with E-state index >= 15 is 0 Å². The van der Waals surface area contributed by atoms with Crippen molar-refractivity contribution in [3.8, 4) is 34.5 Å². The first kappa shape index (κ1) is 20.5. The first-order valence-electron chi connectivity index (χ1n) is 10.9. The predicted octanol–water partition coefficient (Wildman–Crippen LogP) is 7.89. The van der Waals surface area contributed by atoms with Crippen LogP contribution in [0.15, 0.2) is 103 Å². The minimum atomic E-state index is 0.839. The minimum Gasteiger partial charge on any atom is -0.457 e. The Morgan fingerprint density at radius 2 is 1.32 bits per heavy atom. The summed E-state index contributed by atoms with van der Waals surface area (Å²) in [5, 5.41) is 0. The first-order chi connectivity index (χ1) is 15.3. The van der Waals surface area contributed by atoms with Crippen LogP contribution in [0.5, 0.6) is 11.5 Å². The molecule has 152 valence electrons. The van der Waals surface area contributed by atoms with Crippen LogP contribution in [0.3, 0.4) is 0 Å². The summed E-state index contributed by atoms with van der Waals surface area (Å²) in [6.07, 6.45) is 3.22.